The van der Waals surface area contributed by atoms with E-state index in [9.17, 15) is 14.0 Å². The lowest BCUT2D eigenvalue weighted by atomic mass is 10.2. The standard InChI is InChI=1S/C13H16FNO3/c1-3-7-18-13(17)9(2)15-12(16)10-5-4-6-11(14)8-10/h4-6,8-9H,3,7H2,1-2H3,(H,15,16). The average Bonchev–Trinajstić information content (AvgIpc) is 2.35. The van der Waals surface area contributed by atoms with Gasteiger partial charge in [0.25, 0.3) is 5.91 Å². The SMILES string of the molecule is CCCOC(=O)C(C)NC(=O)c1cccc(F)c1. The summed E-state index contributed by atoms with van der Waals surface area (Å²) >= 11 is 0. The van der Waals surface area contributed by atoms with Crippen LogP contribution in [0.3, 0.4) is 0 Å². The molecule has 0 bridgehead atoms. The molecule has 1 atom stereocenters. The van der Waals surface area contributed by atoms with E-state index in [0.29, 0.717) is 6.61 Å². The molecule has 18 heavy (non-hydrogen) atoms. The van der Waals surface area contributed by atoms with Crippen LogP contribution >= 0.6 is 0 Å². The minimum atomic E-state index is -0.757. The Labute approximate surface area is 105 Å². The first-order valence-electron chi connectivity index (χ1n) is 5.77. The topological polar surface area (TPSA) is 55.4 Å². The molecule has 1 aromatic carbocycles. The van der Waals surface area contributed by atoms with Crippen molar-refractivity contribution >= 4 is 11.9 Å². The van der Waals surface area contributed by atoms with Crippen molar-refractivity contribution in [3.63, 3.8) is 0 Å². The molecule has 5 heteroatoms. The molecule has 1 aromatic rings. The number of amides is 1. The van der Waals surface area contributed by atoms with Gasteiger partial charge in [-0.3, -0.25) is 4.79 Å². The zero-order valence-corrected chi connectivity index (χ0v) is 10.4. The monoisotopic (exact) mass is 253 g/mol. The molecular weight excluding hydrogens is 237 g/mol. The maximum Gasteiger partial charge on any atom is 0.328 e. The number of esters is 1. The van der Waals surface area contributed by atoms with Crippen LogP contribution in [0.15, 0.2) is 24.3 Å². The zero-order chi connectivity index (χ0) is 13.5. The van der Waals surface area contributed by atoms with Crippen LogP contribution < -0.4 is 5.32 Å². The highest BCUT2D eigenvalue weighted by molar-refractivity contribution is 5.96. The van der Waals surface area contributed by atoms with Gasteiger partial charge in [0.05, 0.1) is 6.61 Å². The first-order chi connectivity index (χ1) is 8.54. The summed E-state index contributed by atoms with van der Waals surface area (Å²) in [7, 11) is 0. The van der Waals surface area contributed by atoms with Gasteiger partial charge in [-0.1, -0.05) is 13.0 Å². The normalized spacial score (nSPS) is 11.7. The fraction of sp³-hybridized carbons (Fsp3) is 0.385. The Kier molecular flexibility index (Phi) is 5.30. The molecule has 1 amide bonds. The predicted octanol–water partition coefficient (Wildman–Crippen LogP) is 1.90. The summed E-state index contributed by atoms with van der Waals surface area (Å²) in [5.41, 5.74) is 0.171. The Morgan fingerprint density at radius 2 is 2.17 bits per heavy atom. The van der Waals surface area contributed by atoms with Crippen molar-refractivity contribution in [3.05, 3.63) is 35.6 Å². The van der Waals surface area contributed by atoms with Gasteiger partial charge in [0.2, 0.25) is 0 Å². The molecule has 0 saturated heterocycles. The number of carbonyl (C=O) groups is 2. The number of hydrogen-bond acceptors (Lipinski definition) is 3. The Balaban J connectivity index is 2.56. The van der Waals surface area contributed by atoms with E-state index in [4.69, 9.17) is 4.74 Å². The van der Waals surface area contributed by atoms with E-state index in [-0.39, 0.29) is 5.56 Å². The summed E-state index contributed by atoms with van der Waals surface area (Å²) in [4.78, 5) is 23.1. The molecule has 0 saturated carbocycles. The smallest absolute Gasteiger partial charge is 0.328 e. The maximum absolute atomic E-state index is 12.9. The van der Waals surface area contributed by atoms with Gasteiger partial charge in [0.1, 0.15) is 11.9 Å². The van der Waals surface area contributed by atoms with Gasteiger partial charge in [0.15, 0.2) is 0 Å². The van der Waals surface area contributed by atoms with Gasteiger partial charge < -0.3 is 10.1 Å². The van der Waals surface area contributed by atoms with Crippen molar-refractivity contribution in [1.82, 2.24) is 5.32 Å². The molecule has 0 heterocycles. The van der Waals surface area contributed by atoms with E-state index in [1.54, 1.807) is 0 Å². The highest BCUT2D eigenvalue weighted by atomic mass is 19.1. The molecule has 0 aliphatic carbocycles. The third-order valence-corrected chi connectivity index (χ3v) is 2.24. The van der Waals surface area contributed by atoms with Crippen molar-refractivity contribution in [2.45, 2.75) is 26.3 Å². The molecule has 1 unspecified atom stereocenters. The molecule has 0 aliphatic rings. The third-order valence-electron chi connectivity index (χ3n) is 2.24. The van der Waals surface area contributed by atoms with Crippen LogP contribution in [0, 0.1) is 5.82 Å². The Hall–Kier alpha value is -1.91. The van der Waals surface area contributed by atoms with Gasteiger partial charge >= 0.3 is 5.97 Å². The van der Waals surface area contributed by atoms with E-state index in [2.05, 4.69) is 5.32 Å². The summed E-state index contributed by atoms with van der Waals surface area (Å²) in [5, 5.41) is 2.45. The van der Waals surface area contributed by atoms with Crippen molar-refractivity contribution in [1.29, 1.82) is 0 Å². The van der Waals surface area contributed by atoms with Crippen molar-refractivity contribution in [2.24, 2.45) is 0 Å². The Morgan fingerprint density at radius 1 is 1.44 bits per heavy atom. The number of benzene rings is 1. The van der Waals surface area contributed by atoms with Crippen LogP contribution in [-0.2, 0) is 9.53 Å². The van der Waals surface area contributed by atoms with Crippen LogP contribution in [0.25, 0.3) is 0 Å². The molecule has 98 valence electrons. The van der Waals surface area contributed by atoms with E-state index in [0.717, 1.165) is 12.5 Å². The lowest BCUT2D eigenvalue weighted by molar-refractivity contribution is -0.145. The number of halogens is 1. The molecule has 0 spiro atoms. The first-order valence-corrected chi connectivity index (χ1v) is 5.77. The lowest BCUT2D eigenvalue weighted by Gasteiger charge is -2.13. The second-order valence-electron chi connectivity index (χ2n) is 3.87. The zero-order valence-electron chi connectivity index (χ0n) is 10.4. The van der Waals surface area contributed by atoms with E-state index in [1.165, 1.54) is 25.1 Å². The minimum absolute atomic E-state index is 0.171. The summed E-state index contributed by atoms with van der Waals surface area (Å²) in [6.07, 6.45) is 0.719. The minimum Gasteiger partial charge on any atom is -0.464 e. The molecule has 0 aliphatic heterocycles. The number of rotatable bonds is 5. The number of carbonyl (C=O) groups excluding carboxylic acids is 2. The molecule has 1 rings (SSSR count). The molecule has 0 fully saturated rings. The van der Waals surface area contributed by atoms with Gasteiger partial charge in [-0.2, -0.15) is 0 Å². The second kappa shape index (κ2) is 6.74. The summed E-state index contributed by atoms with van der Waals surface area (Å²) in [6, 6.07) is 4.51. The van der Waals surface area contributed by atoms with Gasteiger partial charge in [0, 0.05) is 5.56 Å². The largest absolute Gasteiger partial charge is 0.464 e. The Bertz CT molecular complexity index is 434. The van der Waals surface area contributed by atoms with Crippen molar-refractivity contribution in [2.75, 3.05) is 6.61 Å². The lowest BCUT2D eigenvalue weighted by Crippen LogP contribution is -2.39. The summed E-state index contributed by atoms with van der Waals surface area (Å²) in [6.45, 7) is 3.72. The Morgan fingerprint density at radius 3 is 2.78 bits per heavy atom. The fourth-order valence-electron chi connectivity index (χ4n) is 1.30. The summed E-state index contributed by atoms with van der Waals surface area (Å²) in [5.74, 6) is -1.50. The number of hydrogen-bond donors (Lipinski definition) is 1. The molecule has 0 radical (unpaired) electrons. The predicted molar refractivity (Wildman–Crippen MR) is 64.6 cm³/mol. The average molecular weight is 253 g/mol. The molecule has 0 aromatic heterocycles. The quantitative estimate of drug-likeness (QED) is 0.815. The van der Waals surface area contributed by atoms with Crippen LogP contribution in [0.1, 0.15) is 30.6 Å². The highest BCUT2D eigenvalue weighted by Gasteiger charge is 2.17. The van der Waals surface area contributed by atoms with Crippen LogP contribution in [0.5, 0.6) is 0 Å². The van der Waals surface area contributed by atoms with Crippen molar-refractivity contribution < 1.29 is 18.7 Å². The van der Waals surface area contributed by atoms with E-state index < -0.39 is 23.7 Å². The number of ether oxygens (including phenoxy) is 1. The third kappa shape index (κ3) is 4.16. The second-order valence-corrected chi connectivity index (χ2v) is 3.87. The maximum atomic E-state index is 12.9. The van der Waals surface area contributed by atoms with Crippen molar-refractivity contribution in [3.8, 4) is 0 Å². The van der Waals surface area contributed by atoms with Crippen LogP contribution in [0.2, 0.25) is 0 Å². The summed E-state index contributed by atoms with van der Waals surface area (Å²) < 4.78 is 17.8. The van der Waals surface area contributed by atoms with Crippen LogP contribution in [-0.4, -0.2) is 24.5 Å². The molecular formula is C13H16FNO3. The highest BCUT2D eigenvalue weighted by Crippen LogP contribution is 2.04. The van der Waals surface area contributed by atoms with E-state index >= 15 is 0 Å². The number of nitrogens with one attached hydrogen (secondary N) is 1. The molecule has 4 nitrogen and oxygen atoms in total. The van der Waals surface area contributed by atoms with Gasteiger partial charge in [-0.05, 0) is 31.5 Å². The van der Waals surface area contributed by atoms with Gasteiger partial charge in [-0.25, -0.2) is 9.18 Å². The first kappa shape index (κ1) is 14.2. The molecule has 1 N–H and O–H groups in total. The van der Waals surface area contributed by atoms with Crippen LogP contribution in [0.4, 0.5) is 4.39 Å². The fourth-order valence-corrected chi connectivity index (χ4v) is 1.30. The van der Waals surface area contributed by atoms with E-state index in [1.807, 2.05) is 6.92 Å². The van der Waals surface area contributed by atoms with Gasteiger partial charge in [-0.15, -0.1) is 0 Å².